The van der Waals surface area contributed by atoms with Crippen LogP contribution < -0.4 is 5.32 Å². The van der Waals surface area contributed by atoms with E-state index in [1.165, 1.54) is 36.0 Å². The number of fused-ring (bicyclic) bond motifs is 1. The molecule has 0 spiro atoms. The summed E-state index contributed by atoms with van der Waals surface area (Å²) in [5.41, 5.74) is 4.32. The molecule has 0 bridgehead atoms. The van der Waals surface area contributed by atoms with Crippen LogP contribution in [0.15, 0.2) is 36.4 Å². The van der Waals surface area contributed by atoms with Crippen molar-refractivity contribution in [2.24, 2.45) is 5.92 Å². The van der Waals surface area contributed by atoms with Gasteiger partial charge in [-0.05, 0) is 50.3 Å². The lowest BCUT2D eigenvalue weighted by Crippen LogP contribution is -2.37. The van der Waals surface area contributed by atoms with Gasteiger partial charge in [0.1, 0.15) is 0 Å². The Kier molecular flexibility index (Phi) is 3.45. The Morgan fingerprint density at radius 1 is 1.38 bits per heavy atom. The highest BCUT2D eigenvalue weighted by molar-refractivity contribution is 5.30. The predicted molar refractivity (Wildman–Crippen MR) is 69.6 cm³/mol. The van der Waals surface area contributed by atoms with E-state index >= 15 is 0 Å². The molecule has 0 aliphatic heterocycles. The minimum atomic E-state index is 0.466. The van der Waals surface area contributed by atoms with Gasteiger partial charge in [-0.1, -0.05) is 36.4 Å². The van der Waals surface area contributed by atoms with Crippen LogP contribution in [0.5, 0.6) is 0 Å². The van der Waals surface area contributed by atoms with Crippen LogP contribution in [-0.4, -0.2) is 13.1 Å². The van der Waals surface area contributed by atoms with Gasteiger partial charge in [-0.3, -0.25) is 0 Å². The molecule has 1 N–H and O–H groups in total. The molecular formula is C15H21N. The summed E-state index contributed by atoms with van der Waals surface area (Å²) in [5, 5.41) is 3.40. The van der Waals surface area contributed by atoms with E-state index in [4.69, 9.17) is 0 Å². The first-order chi connectivity index (χ1) is 7.72. The van der Waals surface area contributed by atoms with Gasteiger partial charge < -0.3 is 5.32 Å². The maximum atomic E-state index is 4.09. The summed E-state index contributed by atoms with van der Waals surface area (Å²) in [6, 6.07) is 9.30. The van der Waals surface area contributed by atoms with Crippen molar-refractivity contribution >= 4 is 0 Å². The second-order valence-corrected chi connectivity index (χ2v) is 4.88. The molecule has 0 saturated carbocycles. The maximum Gasteiger partial charge on any atom is 0.0303 e. The van der Waals surface area contributed by atoms with Crippen LogP contribution in [0.2, 0.25) is 0 Å². The van der Waals surface area contributed by atoms with Crippen molar-refractivity contribution in [3.05, 3.63) is 47.5 Å². The van der Waals surface area contributed by atoms with Gasteiger partial charge in [-0.15, -0.1) is 0 Å². The first kappa shape index (κ1) is 11.4. The highest BCUT2D eigenvalue weighted by Gasteiger charge is 2.25. The minimum absolute atomic E-state index is 0.466. The Morgan fingerprint density at radius 3 is 2.69 bits per heavy atom. The molecule has 0 heterocycles. The molecular weight excluding hydrogens is 194 g/mol. The van der Waals surface area contributed by atoms with Gasteiger partial charge in [0.05, 0.1) is 0 Å². The van der Waals surface area contributed by atoms with E-state index in [0.717, 1.165) is 0 Å². The van der Waals surface area contributed by atoms with E-state index in [9.17, 15) is 0 Å². The van der Waals surface area contributed by atoms with Crippen LogP contribution in [0.25, 0.3) is 0 Å². The molecule has 16 heavy (non-hydrogen) atoms. The normalized spacial score (nSPS) is 21.2. The fourth-order valence-corrected chi connectivity index (χ4v) is 2.89. The molecule has 1 heteroatoms. The van der Waals surface area contributed by atoms with Gasteiger partial charge in [0, 0.05) is 6.04 Å². The molecule has 0 aromatic heterocycles. The Bertz CT molecular complexity index is 381. The molecule has 1 nitrogen and oxygen atoms in total. The van der Waals surface area contributed by atoms with E-state index in [1.807, 2.05) is 7.05 Å². The Labute approximate surface area is 98.6 Å². The predicted octanol–water partition coefficient (Wildman–Crippen LogP) is 2.96. The minimum Gasteiger partial charge on any atom is -0.313 e. The third kappa shape index (κ3) is 2.19. The van der Waals surface area contributed by atoms with Crippen LogP contribution in [0.1, 0.15) is 24.5 Å². The van der Waals surface area contributed by atoms with Crippen LogP contribution in [0.3, 0.4) is 0 Å². The van der Waals surface area contributed by atoms with Crippen molar-refractivity contribution in [2.45, 2.75) is 32.2 Å². The fraction of sp³-hybridized carbons (Fsp3) is 0.467. The molecule has 2 atom stereocenters. The largest absolute Gasteiger partial charge is 0.313 e. The monoisotopic (exact) mass is 215 g/mol. The van der Waals surface area contributed by atoms with E-state index in [1.54, 1.807) is 0 Å². The number of benzene rings is 1. The molecule has 86 valence electrons. The fourth-order valence-electron chi connectivity index (χ4n) is 2.89. The molecule has 0 fully saturated rings. The molecule has 0 radical (unpaired) electrons. The van der Waals surface area contributed by atoms with Gasteiger partial charge in [0.2, 0.25) is 0 Å². The Balaban J connectivity index is 2.15. The van der Waals surface area contributed by atoms with Crippen molar-refractivity contribution in [3.8, 4) is 0 Å². The number of rotatable bonds is 3. The van der Waals surface area contributed by atoms with Gasteiger partial charge in [0.15, 0.2) is 0 Å². The average molecular weight is 215 g/mol. The van der Waals surface area contributed by atoms with Gasteiger partial charge in [-0.25, -0.2) is 0 Å². The number of aryl methyl sites for hydroxylation is 1. The molecule has 1 aliphatic rings. The second-order valence-electron chi connectivity index (χ2n) is 4.88. The van der Waals surface area contributed by atoms with E-state index < -0.39 is 0 Å². The molecule has 1 aromatic carbocycles. The van der Waals surface area contributed by atoms with Crippen LogP contribution in [0, 0.1) is 5.92 Å². The maximum absolute atomic E-state index is 4.09. The summed E-state index contributed by atoms with van der Waals surface area (Å²) in [6.07, 6.45) is 3.68. The highest BCUT2D eigenvalue weighted by Crippen LogP contribution is 2.29. The van der Waals surface area contributed by atoms with E-state index in [-0.39, 0.29) is 0 Å². The summed E-state index contributed by atoms with van der Waals surface area (Å²) in [6.45, 7) is 6.22. The lowest BCUT2D eigenvalue weighted by atomic mass is 9.78. The zero-order valence-corrected chi connectivity index (χ0v) is 10.3. The lowest BCUT2D eigenvalue weighted by Gasteiger charge is -2.31. The van der Waals surface area contributed by atoms with E-state index in [2.05, 4.69) is 43.1 Å². The first-order valence-corrected chi connectivity index (χ1v) is 6.12. The summed E-state index contributed by atoms with van der Waals surface area (Å²) >= 11 is 0. The molecule has 1 aliphatic carbocycles. The average Bonchev–Trinajstić information content (AvgIpc) is 2.29. The van der Waals surface area contributed by atoms with E-state index in [0.29, 0.717) is 12.0 Å². The third-order valence-corrected chi connectivity index (χ3v) is 3.70. The molecule has 2 rings (SSSR count). The van der Waals surface area contributed by atoms with Crippen molar-refractivity contribution in [1.82, 2.24) is 5.32 Å². The number of likely N-dealkylation sites (N-methyl/N-ethyl adjacent to an activating group) is 1. The van der Waals surface area contributed by atoms with Crippen molar-refractivity contribution in [1.29, 1.82) is 0 Å². The summed E-state index contributed by atoms with van der Waals surface area (Å²) in [4.78, 5) is 0. The second kappa shape index (κ2) is 4.84. The summed E-state index contributed by atoms with van der Waals surface area (Å²) in [5.74, 6) is 0.706. The van der Waals surface area contributed by atoms with Crippen molar-refractivity contribution < 1.29 is 0 Å². The zero-order valence-electron chi connectivity index (χ0n) is 10.3. The molecule has 1 aromatic rings. The zero-order chi connectivity index (χ0) is 11.5. The Morgan fingerprint density at radius 2 is 2.06 bits per heavy atom. The topological polar surface area (TPSA) is 12.0 Å². The van der Waals surface area contributed by atoms with Gasteiger partial charge in [0.25, 0.3) is 0 Å². The van der Waals surface area contributed by atoms with Crippen LogP contribution in [0.4, 0.5) is 0 Å². The third-order valence-electron chi connectivity index (χ3n) is 3.70. The standard InChI is InChI=1S/C15H21N/c1-11(2)15(16-3)14-9-8-12-6-4-5-7-13(12)10-14/h4-7,14-16H,1,8-10H2,2-3H3. The van der Waals surface area contributed by atoms with Gasteiger partial charge >= 0.3 is 0 Å². The number of nitrogens with one attached hydrogen (secondary N) is 1. The van der Waals surface area contributed by atoms with Crippen LogP contribution >= 0.6 is 0 Å². The smallest absolute Gasteiger partial charge is 0.0303 e. The quantitative estimate of drug-likeness (QED) is 0.764. The van der Waals surface area contributed by atoms with Crippen molar-refractivity contribution in [2.75, 3.05) is 7.05 Å². The van der Waals surface area contributed by atoms with Crippen molar-refractivity contribution in [3.63, 3.8) is 0 Å². The van der Waals surface area contributed by atoms with Crippen LogP contribution in [-0.2, 0) is 12.8 Å². The highest BCUT2D eigenvalue weighted by atomic mass is 14.9. The number of hydrogen-bond donors (Lipinski definition) is 1. The molecule has 0 saturated heterocycles. The van der Waals surface area contributed by atoms with Gasteiger partial charge in [-0.2, -0.15) is 0 Å². The summed E-state index contributed by atoms with van der Waals surface area (Å²) < 4.78 is 0. The molecule has 0 amide bonds. The number of hydrogen-bond acceptors (Lipinski definition) is 1. The molecule has 2 unspecified atom stereocenters. The SMILES string of the molecule is C=C(C)C(NC)C1CCc2ccccc2C1. The first-order valence-electron chi connectivity index (χ1n) is 6.12. The Hall–Kier alpha value is -1.08. The summed E-state index contributed by atoms with van der Waals surface area (Å²) in [7, 11) is 2.04. The lowest BCUT2D eigenvalue weighted by molar-refractivity contribution is 0.369.